The van der Waals surface area contributed by atoms with Crippen LogP contribution in [0.3, 0.4) is 0 Å². The summed E-state index contributed by atoms with van der Waals surface area (Å²) in [6, 6.07) is 9.11. The van der Waals surface area contributed by atoms with Gasteiger partial charge in [0.15, 0.2) is 5.43 Å². The lowest BCUT2D eigenvalue weighted by Gasteiger charge is -2.06. The predicted molar refractivity (Wildman–Crippen MR) is 87.6 cm³/mol. The molecular weight excluding hydrogens is 296 g/mol. The van der Waals surface area contributed by atoms with Crippen molar-refractivity contribution in [3.8, 4) is 17.2 Å². The Morgan fingerprint density at radius 3 is 2.39 bits per heavy atom. The highest BCUT2D eigenvalue weighted by Gasteiger charge is 2.13. The molecule has 3 rings (SSSR count). The van der Waals surface area contributed by atoms with Crippen LogP contribution in [0.25, 0.3) is 23.1 Å². The lowest BCUT2D eigenvalue weighted by atomic mass is 10.1. The SMILES string of the molecule is Cc1c(O)cc2oc(/C=C/c3ccc(O)cc3)cc(=O)c2c1O. The second-order valence-corrected chi connectivity index (χ2v) is 5.18. The molecule has 5 nitrogen and oxygen atoms in total. The van der Waals surface area contributed by atoms with Crippen LogP contribution in [0.4, 0.5) is 0 Å². The maximum Gasteiger partial charge on any atom is 0.197 e. The van der Waals surface area contributed by atoms with Crippen molar-refractivity contribution in [2.75, 3.05) is 0 Å². The largest absolute Gasteiger partial charge is 0.508 e. The Kier molecular flexibility index (Phi) is 3.54. The Morgan fingerprint density at radius 1 is 1.00 bits per heavy atom. The molecule has 2 aromatic carbocycles. The van der Waals surface area contributed by atoms with Crippen LogP contribution in [0, 0.1) is 6.92 Å². The Bertz CT molecular complexity index is 965. The third-order valence-corrected chi connectivity index (χ3v) is 3.57. The van der Waals surface area contributed by atoms with Gasteiger partial charge in [0.1, 0.15) is 34.0 Å². The van der Waals surface area contributed by atoms with E-state index in [-0.39, 0.29) is 33.8 Å². The number of phenolic OH excluding ortho intramolecular Hbond substituents is 3. The highest BCUT2D eigenvalue weighted by atomic mass is 16.3. The van der Waals surface area contributed by atoms with E-state index in [0.29, 0.717) is 5.76 Å². The van der Waals surface area contributed by atoms with Crippen LogP contribution in [-0.2, 0) is 0 Å². The number of fused-ring (bicyclic) bond motifs is 1. The molecule has 0 saturated carbocycles. The molecule has 0 aliphatic heterocycles. The summed E-state index contributed by atoms with van der Waals surface area (Å²) in [7, 11) is 0. The highest BCUT2D eigenvalue weighted by Crippen LogP contribution is 2.33. The summed E-state index contributed by atoms with van der Waals surface area (Å²) in [6.07, 6.45) is 3.32. The summed E-state index contributed by atoms with van der Waals surface area (Å²) < 4.78 is 5.55. The van der Waals surface area contributed by atoms with Gasteiger partial charge in [0, 0.05) is 17.7 Å². The summed E-state index contributed by atoms with van der Waals surface area (Å²) in [5.41, 5.74) is 0.776. The van der Waals surface area contributed by atoms with E-state index in [1.165, 1.54) is 19.1 Å². The lowest BCUT2D eigenvalue weighted by Crippen LogP contribution is -2.01. The molecule has 0 spiro atoms. The van der Waals surface area contributed by atoms with Crippen molar-refractivity contribution >= 4 is 23.1 Å². The first-order valence-electron chi connectivity index (χ1n) is 6.92. The minimum absolute atomic E-state index is 0.0436. The molecule has 0 radical (unpaired) electrons. The molecular formula is C18H14O5. The molecule has 0 fully saturated rings. The van der Waals surface area contributed by atoms with Crippen molar-refractivity contribution in [1.82, 2.24) is 0 Å². The second-order valence-electron chi connectivity index (χ2n) is 5.18. The van der Waals surface area contributed by atoms with Gasteiger partial charge in [0.05, 0.1) is 0 Å². The first-order chi connectivity index (χ1) is 11.0. The minimum Gasteiger partial charge on any atom is -0.508 e. The van der Waals surface area contributed by atoms with Crippen molar-refractivity contribution in [1.29, 1.82) is 0 Å². The maximum absolute atomic E-state index is 12.2. The highest BCUT2D eigenvalue weighted by molar-refractivity contribution is 5.87. The molecule has 116 valence electrons. The second kappa shape index (κ2) is 5.53. The van der Waals surface area contributed by atoms with Gasteiger partial charge in [-0.1, -0.05) is 18.2 Å². The zero-order chi connectivity index (χ0) is 16.6. The molecule has 0 aliphatic rings. The smallest absolute Gasteiger partial charge is 0.197 e. The third kappa shape index (κ3) is 2.76. The summed E-state index contributed by atoms with van der Waals surface area (Å²) in [6.45, 7) is 1.52. The standard InChI is InChI=1S/C18H14O5/c1-10-14(20)9-16-17(18(10)22)15(21)8-13(23-16)7-4-11-2-5-12(19)6-3-11/h2-9,19-20,22H,1H3/b7-4+. The first-order valence-corrected chi connectivity index (χ1v) is 6.92. The molecule has 3 N–H and O–H groups in total. The van der Waals surface area contributed by atoms with Crippen LogP contribution in [0.5, 0.6) is 17.2 Å². The summed E-state index contributed by atoms with van der Waals surface area (Å²) >= 11 is 0. The quantitative estimate of drug-likeness (QED) is 0.675. The van der Waals surface area contributed by atoms with Gasteiger partial charge in [0.25, 0.3) is 0 Å². The fourth-order valence-corrected chi connectivity index (χ4v) is 2.25. The van der Waals surface area contributed by atoms with Crippen LogP contribution >= 0.6 is 0 Å². The monoisotopic (exact) mass is 310 g/mol. The van der Waals surface area contributed by atoms with Gasteiger partial charge in [-0.15, -0.1) is 0 Å². The molecule has 1 aromatic heterocycles. The van der Waals surface area contributed by atoms with E-state index in [0.717, 1.165) is 5.56 Å². The number of hydrogen-bond donors (Lipinski definition) is 3. The van der Waals surface area contributed by atoms with E-state index in [2.05, 4.69) is 0 Å². The molecule has 23 heavy (non-hydrogen) atoms. The molecule has 5 heteroatoms. The Balaban J connectivity index is 2.08. The number of benzene rings is 2. The van der Waals surface area contributed by atoms with Gasteiger partial charge in [-0.3, -0.25) is 4.79 Å². The number of rotatable bonds is 2. The van der Waals surface area contributed by atoms with Crippen molar-refractivity contribution in [2.24, 2.45) is 0 Å². The van der Waals surface area contributed by atoms with Gasteiger partial charge < -0.3 is 19.7 Å². The average molecular weight is 310 g/mol. The van der Waals surface area contributed by atoms with E-state index in [4.69, 9.17) is 4.42 Å². The van der Waals surface area contributed by atoms with Crippen molar-refractivity contribution in [3.05, 3.63) is 63.5 Å². The summed E-state index contributed by atoms with van der Waals surface area (Å²) in [5, 5.41) is 29.0. The van der Waals surface area contributed by atoms with Gasteiger partial charge in [-0.05, 0) is 30.7 Å². The number of aromatic hydroxyl groups is 3. The van der Waals surface area contributed by atoms with Crippen LogP contribution in [0.1, 0.15) is 16.9 Å². The van der Waals surface area contributed by atoms with Crippen LogP contribution < -0.4 is 5.43 Å². The molecule has 0 atom stereocenters. The summed E-state index contributed by atoms with van der Waals surface area (Å²) in [5.74, 6) is 0.0413. The molecule has 0 bridgehead atoms. The lowest BCUT2D eigenvalue weighted by molar-refractivity contribution is 0.444. The van der Waals surface area contributed by atoms with Gasteiger partial charge in [-0.2, -0.15) is 0 Å². The average Bonchev–Trinajstić information content (AvgIpc) is 2.51. The molecule has 3 aromatic rings. The van der Waals surface area contributed by atoms with E-state index >= 15 is 0 Å². The van der Waals surface area contributed by atoms with Crippen LogP contribution in [0.2, 0.25) is 0 Å². The number of phenols is 3. The van der Waals surface area contributed by atoms with E-state index in [1.807, 2.05) is 0 Å². The molecule has 0 aliphatic carbocycles. The van der Waals surface area contributed by atoms with Crippen molar-refractivity contribution in [2.45, 2.75) is 6.92 Å². The van der Waals surface area contributed by atoms with Gasteiger partial charge in [-0.25, -0.2) is 0 Å². The normalized spacial score (nSPS) is 11.3. The molecule has 0 amide bonds. The number of hydrogen-bond acceptors (Lipinski definition) is 5. The van der Waals surface area contributed by atoms with Crippen LogP contribution in [-0.4, -0.2) is 15.3 Å². The van der Waals surface area contributed by atoms with E-state index in [1.54, 1.807) is 36.4 Å². The van der Waals surface area contributed by atoms with Crippen molar-refractivity contribution in [3.63, 3.8) is 0 Å². The van der Waals surface area contributed by atoms with Gasteiger partial charge in [0.2, 0.25) is 0 Å². The predicted octanol–water partition coefficient (Wildman–Crippen LogP) is 3.39. The fourth-order valence-electron chi connectivity index (χ4n) is 2.25. The fraction of sp³-hybridized carbons (Fsp3) is 0.0556. The molecule has 1 heterocycles. The Hall–Kier alpha value is -3.21. The Labute approximate surface area is 131 Å². The van der Waals surface area contributed by atoms with Crippen LogP contribution in [0.15, 0.2) is 45.6 Å². The van der Waals surface area contributed by atoms with E-state index in [9.17, 15) is 20.1 Å². The zero-order valence-corrected chi connectivity index (χ0v) is 12.3. The summed E-state index contributed by atoms with van der Waals surface area (Å²) in [4.78, 5) is 12.2. The van der Waals surface area contributed by atoms with Crippen molar-refractivity contribution < 1.29 is 19.7 Å². The van der Waals surface area contributed by atoms with E-state index < -0.39 is 5.43 Å². The molecule has 0 saturated heterocycles. The molecule has 0 unspecified atom stereocenters. The van der Waals surface area contributed by atoms with Gasteiger partial charge >= 0.3 is 0 Å². The third-order valence-electron chi connectivity index (χ3n) is 3.57. The first kappa shape index (κ1) is 14.7. The topological polar surface area (TPSA) is 90.9 Å². The maximum atomic E-state index is 12.2. The Morgan fingerprint density at radius 2 is 1.70 bits per heavy atom. The zero-order valence-electron chi connectivity index (χ0n) is 12.3. The minimum atomic E-state index is -0.391.